The van der Waals surface area contributed by atoms with Crippen LogP contribution in [0.15, 0.2) is 18.3 Å². The standard InChI is InChI=1S/C14H19N3O/c1-14(2,3)11-4-5-13(16-9-11)17-6-7-18-12(8-15)10-17/h4-5,9,12H,6-7,10H2,1-3H3. The Morgan fingerprint density at radius 1 is 1.44 bits per heavy atom. The molecule has 0 bridgehead atoms. The molecule has 0 amide bonds. The van der Waals surface area contributed by atoms with Gasteiger partial charge >= 0.3 is 0 Å². The lowest BCUT2D eigenvalue weighted by Gasteiger charge is -2.31. The second kappa shape index (κ2) is 4.95. The van der Waals surface area contributed by atoms with Gasteiger partial charge in [0.1, 0.15) is 5.82 Å². The highest BCUT2D eigenvalue weighted by molar-refractivity contribution is 5.41. The van der Waals surface area contributed by atoms with Gasteiger partial charge in [0.05, 0.1) is 19.2 Å². The van der Waals surface area contributed by atoms with E-state index in [2.05, 4.69) is 42.8 Å². The van der Waals surface area contributed by atoms with Gasteiger partial charge in [-0.25, -0.2) is 4.98 Å². The molecule has 1 aliphatic heterocycles. The number of hydrogen-bond donors (Lipinski definition) is 0. The third kappa shape index (κ3) is 2.80. The number of rotatable bonds is 1. The number of morpholine rings is 1. The molecule has 0 radical (unpaired) electrons. The number of hydrogen-bond acceptors (Lipinski definition) is 4. The van der Waals surface area contributed by atoms with Crippen LogP contribution in [0, 0.1) is 11.3 Å². The first-order chi connectivity index (χ1) is 8.50. The number of pyridine rings is 1. The van der Waals surface area contributed by atoms with Gasteiger partial charge in [-0.2, -0.15) is 5.26 Å². The van der Waals surface area contributed by atoms with Gasteiger partial charge in [-0.3, -0.25) is 0 Å². The fourth-order valence-electron chi connectivity index (χ4n) is 1.95. The Bertz CT molecular complexity index is 442. The Hall–Kier alpha value is -1.60. The molecule has 1 atom stereocenters. The van der Waals surface area contributed by atoms with E-state index in [0.29, 0.717) is 13.2 Å². The fraction of sp³-hybridized carbons (Fsp3) is 0.571. The van der Waals surface area contributed by atoms with Gasteiger partial charge in [0.2, 0.25) is 0 Å². The summed E-state index contributed by atoms with van der Waals surface area (Å²) >= 11 is 0. The van der Waals surface area contributed by atoms with E-state index in [-0.39, 0.29) is 11.5 Å². The molecule has 4 heteroatoms. The molecule has 0 N–H and O–H groups in total. The molecule has 0 aliphatic carbocycles. The van der Waals surface area contributed by atoms with Crippen molar-refractivity contribution in [2.24, 2.45) is 0 Å². The molecule has 1 aliphatic rings. The molecule has 1 aromatic rings. The molecule has 0 spiro atoms. The second-order valence-electron chi connectivity index (χ2n) is 5.59. The van der Waals surface area contributed by atoms with Crippen molar-refractivity contribution < 1.29 is 4.74 Å². The first-order valence-electron chi connectivity index (χ1n) is 6.23. The predicted molar refractivity (Wildman–Crippen MR) is 70.5 cm³/mol. The molecular weight excluding hydrogens is 226 g/mol. The van der Waals surface area contributed by atoms with Crippen molar-refractivity contribution in [3.05, 3.63) is 23.9 Å². The minimum atomic E-state index is -0.345. The number of nitrogens with zero attached hydrogens (tertiary/aromatic N) is 3. The quantitative estimate of drug-likeness (QED) is 0.760. The fourth-order valence-corrected chi connectivity index (χ4v) is 1.95. The molecule has 1 fully saturated rings. The lowest BCUT2D eigenvalue weighted by molar-refractivity contribution is 0.0761. The summed E-state index contributed by atoms with van der Waals surface area (Å²) in [6, 6.07) is 6.29. The molecule has 96 valence electrons. The number of anilines is 1. The first kappa shape index (κ1) is 12.8. The monoisotopic (exact) mass is 245 g/mol. The van der Waals surface area contributed by atoms with Crippen molar-refractivity contribution in [2.45, 2.75) is 32.3 Å². The average molecular weight is 245 g/mol. The summed E-state index contributed by atoms with van der Waals surface area (Å²) in [4.78, 5) is 6.60. The zero-order valence-electron chi connectivity index (χ0n) is 11.2. The van der Waals surface area contributed by atoms with E-state index < -0.39 is 0 Å². The van der Waals surface area contributed by atoms with E-state index in [1.54, 1.807) is 0 Å². The summed E-state index contributed by atoms with van der Waals surface area (Å²) in [5.74, 6) is 0.923. The Balaban J connectivity index is 2.12. The van der Waals surface area contributed by atoms with Crippen LogP contribution in [0.25, 0.3) is 0 Å². The summed E-state index contributed by atoms with van der Waals surface area (Å²) in [6.07, 6.45) is 1.58. The molecule has 2 rings (SSSR count). The van der Waals surface area contributed by atoms with Gasteiger partial charge in [-0.05, 0) is 17.0 Å². The van der Waals surface area contributed by atoms with Crippen LogP contribution in [-0.2, 0) is 10.2 Å². The largest absolute Gasteiger partial charge is 0.360 e. The summed E-state index contributed by atoms with van der Waals surface area (Å²) in [5, 5.41) is 8.88. The van der Waals surface area contributed by atoms with Gasteiger partial charge in [-0.1, -0.05) is 26.8 Å². The molecular formula is C14H19N3O. The number of aromatic nitrogens is 1. The van der Waals surface area contributed by atoms with Crippen LogP contribution in [0.4, 0.5) is 5.82 Å². The lowest BCUT2D eigenvalue weighted by Crippen LogP contribution is -2.42. The van der Waals surface area contributed by atoms with Crippen LogP contribution in [0.2, 0.25) is 0 Å². The van der Waals surface area contributed by atoms with Crippen LogP contribution in [0.1, 0.15) is 26.3 Å². The highest BCUT2D eigenvalue weighted by atomic mass is 16.5. The first-order valence-corrected chi connectivity index (χ1v) is 6.23. The third-order valence-corrected chi connectivity index (χ3v) is 3.15. The molecule has 2 heterocycles. The zero-order valence-corrected chi connectivity index (χ0v) is 11.2. The Morgan fingerprint density at radius 3 is 2.78 bits per heavy atom. The Morgan fingerprint density at radius 2 is 2.22 bits per heavy atom. The molecule has 0 saturated carbocycles. The maximum absolute atomic E-state index is 8.88. The normalized spacial score (nSPS) is 20.6. The van der Waals surface area contributed by atoms with E-state index in [0.717, 1.165) is 12.4 Å². The van der Waals surface area contributed by atoms with Gasteiger partial charge < -0.3 is 9.64 Å². The van der Waals surface area contributed by atoms with Crippen LogP contribution in [0.5, 0.6) is 0 Å². The minimum Gasteiger partial charge on any atom is -0.360 e. The zero-order chi connectivity index (χ0) is 13.2. The summed E-state index contributed by atoms with van der Waals surface area (Å²) in [5.41, 5.74) is 1.34. The SMILES string of the molecule is CC(C)(C)c1ccc(N2CCOC(C#N)C2)nc1. The Labute approximate surface area is 108 Å². The maximum atomic E-state index is 8.88. The molecule has 1 saturated heterocycles. The summed E-state index contributed by atoms with van der Waals surface area (Å²) in [7, 11) is 0. The highest BCUT2D eigenvalue weighted by Crippen LogP contribution is 2.23. The highest BCUT2D eigenvalue weighted by Gasteiger charge is 2.21. The van der Waals surface area contributed by atoms with E-state index >= 15 is 0 Å². The van der Waals surface area contributed by atoms with Crippen molar-refractivity contribution in [3.63, 3.8) is 0 Å². The van der Waals surface area contributed by atoms with E-state index in [4.69, 9.17) is 10.00 Å². The molecule has 18 heavy (non-hydrogen) atoms. The van der Waals surface area contributed by atoms with E-state index in [1.807, 2.05) is 12.3 Å². The molecule has 0 aromatic carbocycles. The van der Waals surface area contributed by atoms with Crippen LogP contribution >= 0.6 is 0 Å². The molecule has 1 aromatic heterocycles. The van der Waals surface area contributed by atoms with Crippen molar-refractivity contribution in [3.8, 4) is 6.07 Å². The van der Waals surface area contributed by atoms with Crippen LogP contribution in [-0.4, -0.2) is 30.8 Å². The minimum absolute atomic E-state index is 0.117. The van der Waals surface area contributed by atoms with Crippen molar-refractivity contribution in [1.82, 2.24) is 4.98 Å². The second-order valence-corrected chi connectivity index (χ2v) is 5.59. The van der Waals surface area contributed by atoms with Crippen LogP contribution in [0.3, 0.4) is 0 Å². The number of ether oxygens (including phenoxy) is 1. The van der Waals surface area contributed by atoms with Gasteiger partial charge in [0, 0.05) is 12.7 Å². The summed E-state index contributed by atoms with van der Waals surface area (Å²) in [6.45, 7) is 8.48. The maximum Gasteiger partial charge on any atom is 0.161 e. The third-order valence-electron chi connectivity index (χ3n) is 3.15. The van der Waals surface area contributed by atoms with Crippen molar-refractivity contribution in [1.29, 1.82) is 5.26 Å². The van der Waals surface area contributed by atoms with Crippen molar-refractivity contribution >= 4 is 5.82 Å². The van der Waals surface area contributed by atoms with Crippen LogP contribution < -0.4 is 4.90 Å². The molecule has 4 nitrogen and oxygen atoms in total. The van der Waals surface area contributed by atoms with Crippen molar-refractivity contribution in [2.75, 3.05) is 24.6 Å². The molecule has 1 unspecified atom stereocenters. The van der Waals surface area contributed by atoms with Gasteiger partial charge in [0.15, 0.2) is 6.10 Å². The van der Waals surface area contributed by atoms with Gasteiger partial charge in [0.25, 0.3) is 0 Å². The topological polar surface area (TPSA) is 49.1 Å². The Kier molecular flexibility index (Phi) is 3.53. The lowest BCUT2D eigenvalue weighted by atomic mass is 9.88. The van der Waals surface area contributed by atoms with E-state index in [1.165, 1.54) is 5.56 Å². The number of nitriles is 1. The average Bonchev–Trinajstić information content (AvgIpc) is 2.38. The van der Waals surface area contributed by atoms with E-state index in [9.17, 15) is 0 Å². The van der Waals surface area contributed by atoms with Gasteiger partial charge in [-0.15, -0.1) is 0 Å². The smallest absolute Gasteiger partial charge is 0.161 e. The predicted octanol–water partition coefficient (Wildman–Crippen LogP) is 2.11. The summed E-state index contributed by atoms with van der Waals surface area (Å²) < 4.78 is 5.33.